The van der Waals surface area contributed by atoms with Crippen LogP contribution in [0.1, 0.15) is 24.4 Å². The van der Waals surface area contributed by atoms with Crippen molar-refractivity contribution in [2.45, 2.75) is 26.0 Å². The molecule has 0 aliphatic carbocycles. The smallest absolute Gasteiger partial charge is 0.111 e. The molecule has 0 aliphatic heterocycles. The summed E-state index contributed by atoms with van der Waals surface area (Å²) in [5.74, 6) is 0.924. The van der Waals surface area contributed by atoms with E-state index in [-0.39, 0.29) is 0 Å². The Morgan fingerprint density at radius 2 is 1.95 bits per heavy atom. The molecule has 3 nitrogen and oxygen atoms in total. The Hall–Kier alpha value is -2.13. The second-order valence-corrected chi connectivity index (χ2v) is 4.92. The molecule has 1 unspecified atom stereocenters. The molecule has 0 bridgehead atoms. The monoisotopic (exact) mass is 266 g/mol. The van der Waals surface area contributed by atoms with E-state index in [1.807, 2.05) is 30.5 Å². The van der Waals surface area contributed by atoms with E-state index in [2.05, 4.69) is 34.7 Å². The second-order valence-electron chi connectivity index (χ2n) is 4.92. The minimum atomic E-state index is -0.534. The average Bonchev–Trinajstić information content (AvgIpc) is 2.93. The summed E-state index contributed by atoms with van der Waals surface area (Å²) in [7, 11) is 0. The molecule has 3 heteroatoms. The van der Waals surface area contributed by atoms with E-state index >= 15 is 0 Å². The zero-order valence-corrected chi connectivity index (χ0v) is 11.5. The zero-order chi connectivity index (χ0) is 13.9. The highest BCUT2D eigenvalue weighted by Crippen LogP contribution is 2.26. The lowest BCUT2D eigenvalue weighted by Gasteiger charge is -2.14. The van der Waals surface area contributed by atoms with Crippen LogP contribution in [0.5, 0.6) is 0 Å². The molecule has 0 aliphatic rings. The molecule has 1 aromatic heterocycles. The molecule has 20 heavy (non-hydrogen) atoms. The van der Waals surface area contributed by atoms with E-state index in [0.29, 0.717) is 6.42 Å². The van der Waals surface area contributed by atoms with Gasteiger partial charge in [0.2, 0.25) is 0 Å². The van der Waals surface area contributed by atoms with Crippen molar-refractivity contribution < 1.29 is 5.11 Å². The van der Waals surface area contributed by atoms with Crippen molar-refractivity contribution in [2.24, 2.45) is 0 Å². The number of fused-ring (bicyclic) bond motifs is 1. The molecule has 3 rings (SSSR count). The van der Waals surface area contributed by atoms with Crippen molar-refractivity contribution >= 4 is 10.8 Å². The first kappa shape index (κ1) is 12.9. The van der Waals surface area contributed by atoms with Crippen LogP contribution in [0.15, 0.2) is 54.9 Å². The van der Waals surface area contributed by atoms with Crippen molar-refractivity contribution in [3.8, 4) is 0 Å². The Morgan fingerprint density at radius 3 is 2.80 bits per heavy atom. The van der Waals surface area contributed by atoms with Crippen molar-refractivity contribution in [3.05, 3.63) is 66.2 Å². The fourth-order valence-corrected chi connectivity index (χ4v) is 2.64. The Labute approximate surface area is 118 Å². The number of hydrogen-bond donors (Lipinski definition) is 1. The summed E-state index contributed by atoms with van der Waals surface area (Å²) in [5, 5.41) is 12.8. The number of nitrogens with zero attached hydrogens (tertiary/aromatic N) is 2. The van der Waals surface area contributed by atoms with E-state index in [4.69, 9.17) is 0 Å². The number of aryl methyl sites for hydroxylation is 1. The van der Waals surface area contributed by atoms with Crippen LogP contribution in [-0.2, 0) is 13.0 Å². The first-order valence-corrected chi connectivity index (χ1v) is 6.95. The number of rotatable bonds is 4. The van der Waals surface area contributed by atoms with Gasteiger partial charge in [0.25, 0.3) is 0 Å². The summed E-state index contributed by atoms with van der Waals surface area (Å²) < 4.78 is 2.06. The van der Waals surface area contributed by atoms with Crippen LogP contribution >= 0.6 is 0 Å². The number of benzene rings is 2. The lowest BCUT2D eigenvalue weighted by molar-refractivity contribution is 0.176. The highest BCUT2D eigenvalue weighted by Gasteiger charge is 2.14. The third-order valence-electron chi connectivity index (χ3n) is 3.70. The van der Waals surface area contributed by atoms with Gasteiger partial charge in [-0.3, -0.25) is 0 Å². The Bertz CT molecular complexity index is 712. The third kappa shape index (κ3) is 2.32. The molecule has 0 fully saturated rings. The van der Waals surface area contributed by atoms with Crippen molar-refractivity contribution in [1.29, 1.82) is 0 Å². The van der Waals surface area contributed by atoms with E-state index in [9.17, 15) is 5.11 Å². The van der Waals surface area contributed by atoms with Gasteiger partial charge in [-0.1, -0.05) is 42.5 Å². The molecule has 1 heterocycles. The first-order valence-electron chi connectivity index (χ1n) is 6.95. The van der Waals surface area contributed by atoms with E-state index in [1.165, 1.54) is 0 Å². The Kier molecular flexibility index (Phi) is 3.52. The molecule has 102 valence electrons. The van der Waals surface area contributed by atoms with Gasteiger partial charge in [-0.15, -0.1) is 0 Å². The van der Waals surface area contributed by atoms with Gasteiger partial charge >= 0.3 is 0 Å². The summed E-state index contributed by atoms with van der Waals surface area (Å²) in [6.07, 6.45) is 3.74. The predicted octanol–water partition coefficient (Wildman–Crippen LogP) is 3.33. The van der Waals surface area contributed by atoms with Gasteiger partial charge in [0, 0.05) is 25.4 Å². The van der Waals surface area contributed by atoms with Gasteiger partial charge in [0.05, 0.1) is 6.10 Å². The standard InChI is InChI=1S/C17H18N2O/c1-2-19-11-10-18-17(19)12-16(20)15-9-5-7-13-6-3-4-8-14(13)15/h3-11,16,20H,2,12H2,1H3. The van der Waals surface area contributed by atoms with Crippen molar-refractivity contribution in [2.75, 3.05) is 0 Å². The second kappa shape index (κ2) is 5.47. The third-order valence-corrected chi connectivity index (χ3v) is 3.70. The maximum atomic E-state index is 10.6. The van der Waals surface area contributed by atoms with Crippen LogP contribution in [0.3, 0.4) is 0 Å². The topological polar surface area (TPSA) is 38.0 Å². The molecule has 1 N–H and O–H groups in total. The fraction of sp³-hybridized carbons (Fsp3) is 0.235. The first-order chi connectivity index (χ1) is 9.79. The minimum absolute atomic E-state index is 0.534. The van der Waals surface area contributed by atoms with Gasteiger partial charge in [0.15, 0.2) is 0 Å². The van der Waals surface area contributed by atoms with Crippen LogP contribution in [0, 0.1) is 0 Å². The molecular formula is C17H18N2O. The molecule has 0 saturated carbocycles. The average molecular weight is 266 g/mol. The van der Waals surface area contributed by atoms with Gasteiger partial charge in [-0.05, 0) is 23.3 Å². The molecule has 0 saturated heterocycles. The number of imidazole rings is 1. The Balaban J connectivity index is 1.95. The SMILES string of the molecule is CCn1ccnc1CC(O)c1cccc2ccccc12. The largest absolute Gasteiger partial charge is 0.388 e. The number of hydrogen-bond acceptors (Lipinski definition) is 2. The van der Waals surface area contributed by atoms with Crippen molar-refractivity contribution in [1.82, 2.24) is 9.55 Å². The van der Waals surface area contributed by atoms with Crippen LogP contribution in [0.4, 0.5) is 0 Å². The Morgan fingerprint density at radius 1 is 1.15 bits per heavy atom. The molecule has 0 spiro atoms. The molecule has 3 aromatic rings. The molecule has 0 radical (unpaired) electrons. The lowest BCUT2D eigenvalue weighted by atomic mass is 9.98. The fourth-order valence-electron chi connectivity index (χ4n) is 2.64. The molecule has 1 atom stereocenters. The van der Waals surface area contributed by atoms with Gasteiger partial charge in [-0.2, -0.15) is 0 Å². The summed E-state index contributed by atoms with van der Waals surface area (Å²) in [6.45, 7) is 2.95. The van der Waals surface area contributed by atoms with Gasteiger partial charge in [-0.25, -0.2) is 4.98 Å². The highest BCUT2D eigenvalue weighted by atomic mass is 16.3. The normalized spacial score (nSPS) is 12.7. The van der Waals surface area contributed by atoms with E-state index < -0.39 is 6.10 Å². The molecule has 2 aromatic carbocycles. The van der Waals surface area contributed by atoms with Crippen molar-refractivity contribution in [3.63, 3.8) is 0 Å². The maximum Gasteiger partial charge on any atom is 0.111 e. The minimum Gasteiger partial charge on any atom is -0.388 e. The lowest BCUT2D eigenvalue weighted by Crippen LogP contribution is -2.08. The predicted molar refractivity (Wildman–Crippen MR) is 80.5 cm³/mol. The van der Waals surface area contributed by atoms with Crippen LogP contribution < -0.4 is 0 Å². The summed E-state index contributed by atoms with van der Waals surface area (Å²) in [6, 6.07) is 14.2. The van der Waals surface area contributed by atoms with E-state index in [0.717, 1.165) is 28.7 Å². The summed E-state index contributed by atoms with van der Waals surface area (Å²) >= 11 is 0. The highest BCUT2D eigenvalue weighted by molar-refractivity contribution is 5.85. The summed E-state index contributed by atoms with van der Waals surface area (Å²) in [4.78, 5) is 4.34. The molecular weight excluding hydrogens is 248 g/mol. The maximum absolute atomic E-state index is 10.6. The zero-order valence-electron chi connectivity index (χ0n) is 11.5. The number of aliphatic hydroxyl groups excluding tert-OH is 1. The number of aromatic nitrogens is 2. The van der Waals surface area contributed by atoms with Gasteiger partial charge in [0.1, 0.15) is 5.82 Å². The number of aliphatic hydroxyl groups is 1. The van der Waals surface area contributed by atoms with Crippen LogP contribution in [0.2, 0.25) is 0 Å². The molecule has 0 amide bonds. The van der Waals surface area contributed by atoms with E-state index in [1.54, 1.807) is 6.20 Å². The quantitative estimate of drug-likeness (QED) is 0.786. The van der Waals surface area contributed by atoms with Crippen LogP contribution in [-0.4, -0.2) is 14.7 Å². The summed E-state index contributed by atoms with van der Waals surface area (Å²) in [5.41, 5.74) is 0.966. The van der Waals surface area contributed by atoms with Crippen LogP contribution in [0.25, 0.3) is 10.8 Å². The van der Waals surface area contributed by atoms with Gasteiger partial charge < -0.3 is 9.67 Å².